The molecule has 1 aromatic carbocycles. The van der Waals surface area contributed by atoms with Crippen LogP contribution in [-0.4, -0.2) is 23.2 Å². The van der Waals surface area contributed by atoms with Crippen molar-refractivity contribution in [3.8, 4) is 5.75 Å². The summed E-state index contributed by atoms with van der Waals surface area (Å²) < 4.78 is 13.0. The summed E-state index contributed by atoms with van der Waals surface area (Å²) in [6, 6.07) is 4.14. The Labute approximate surface area is 94.9 Å². The highest BCUT2D eigenvalue weighted by Gasteiger charge is 2.09. The highest BCUT2D eigenvalue weighted by atomic mass is 19.1. The molecule has 4 heteroatoms. The van der Waals surface area contributed by atoms with Gasteiger partial charge in [0.05, 0.1) is 0 Å². The van der Waals surface area contributed by atoms with Gasteiger partial charge in [-0.25, -0.2) is 9.40 Å². The number of halogens is 1. The van der Waals surface area contributed by atoms with Gasteiger partial charge in [0.25, 0.3) is 0 Å². The molecule has 0 aliphatic carbocycles. The van der Waals surface area contributed by atoms with Crippen LogP contribution in [0.15, 0.2) is 18.2 Å². The largest absolute Gasteiger partial charge is 0.508 e. The van der Waals surface area contributed by atoms with Crippen LogP contribution in [0.3, 0.4) is 0 Å². The monoisotopic (exact) mass is 224 g/mol. The Morgan fingerprint density at radius 1 is 1.19 bits per heavy atom. The molecule has 0 amide bonds. The summed E-state index contributed by atoms with van der Waals surface area (Å²) in [5, 5.41) is 11.4. The van der Waals surface area contributed by atoms with E-state index in [2.05, 4.69) is 10.4 Å². The number of phenolic OH excluding ortho intramolecular Hbond substituents is 1. The van der Waals surface area contributed by atoms with E-state index in [1.165, 1.54) is 25.3 Å². The smallest absolute Gasteiger partial charge is 0.127 e. The molecule has 1 aromatic rings. The highest BCUT2D eigenvalue weighted by Crippen LogP contribution is 2.14. The van der Waals surface area contributed by atoms with Gasteiger partial charge in [-0.3, -0.25) is 5.43 Å². The van der Waals surface area contributed by atoms with E-state index in [0.29, 0.717) is 6.54 Å². The molecule has 1 saturated heterocycles. The SMILES string of the molecule is Oc1cc(F)cc(CNN2CCCCC2)c1. The fourth-order valence-electron chi connectivity index (χ4n) is 1.99. The van der Waals surface area contributed by atoms with E-state index in [1.807, 2.05) is 0 Å². The van der Waals surface area contributed by atoms with Gasteiger partial charge >= 0.3 is 0 Å². The molecule has 0 unspecified atom stereocenters. The van der Waals surface area contributed by atoms with Crippen LogP contribution in [0.4, 0.5) is 4.39 Å². The van der Waals surface area contributed by atoms with Crippen molar-refractivity contribution in [3.63, 3.8) is 0 Å². The summed E-state index contributed by atoms with van der Waals surface area (Å²) in [6.07, 6.45) is 3.71. The molecule has 1 aliphatic rings. The zero-order valence-corrected chi connectivity index (χ0v) is 9.25. The maximum Gasteiger partial charge on any atom is 0.127 e. The molecule has 16 heavy (non-hydrogen) atoms. The Kier molecular flexibility index (Phi) is 3.74. The first-order valence-corrected chi connectivity index (χ1v) is 5.71. The van der Waals surface area contributed by atoms with E-state index >= 15 is 0 Å². The summed E-state index contributed by atoms with van der Waals surface area (Å²) in [5.41, 5.74) is 4.01. The number of piperidine rings is 1. The first-order chi connectivity index (χ1) is 7.74. The molecule has 3 nitrogen and oxygen atoms in total. The number of hydrogen-bond donors (Lipinski definition) is 2. The van der Waals surface area contributed by atoms with E-state index in [4.69, 9.17) is 0 Å². The molecule has 0 aromatic heterocycles. The lowest BCUT2D eigenvalue weighted by atomic mass is 10.1. The molecule has 88 valence electrons. The number of nitrogens with zero attached hydrogens (tertiary/aromatic N) is 1. The minimum Gasteiger partial charge on any atom is -0.508 e. The Morgan fingerprint density at radius 3 is 2.62 bits per heavy atom. The molecule has 1 heterocycles. The van der Waals surface area contributed by atoms with Crippen LogP contribution in [0.25, 0.3) is 0 Å². The van der Waals surface area contributed by atoms with Gasteiger partial charge < -0.3 is 5.11 Å². The minimum atomic E-state index is -0.393. The lowest BCUT2D eigenvalue weighted by Gasteiger charge is -2.27. The Hall–Kier alpha value is -1.13. The van der Waals surface area contributed by atoms with Crippen LogP contribution >= 0.6 is 0 Å². The van der Waals surface area contributed by atoms with Crippen molar-refractivity contribution < 1.29 is 9.50 Å². The summed E-state index contributed by atoms with van der Waals surface area (Å²) >= 11 is 0. The molecule has 0 atom stereocenters. The quantitative estimate of drug-likeness (QED) is 0.824. The number of rotatable bonds is 3. The summed E-state index contributed by atoms with van der Waals surface area (Å²) in [6.45, 7) is 2.65. The third kappa shape index (κ3) is 3.18. The van der Waals surface area contributed by atoms with Crippen molar-refractivity contribution in [2.24, 2.45) is 0 Å². The third-order valence-corrected chi connectivity index (χ3v) is 2.81. The molecule has 1 fully saturated rings. The second-order valence-corrected chi connectivity index (χ2v) is 4.20. The molecule has 0 spiro atoms. The fraction of sp³-hybridized carbons (Fsp3) is 0.500. The molecular weight excluding hydrogens is 207 g/mol. The van der Waals surface area contributed by atoms with Crippen LogP contribution in [0, 0.1) is 5.82 Å². The average molecular weight is 224 g/mol. The molecular formula is C12H17FN2O. The summed E-state index contributed by atoms with van der Waals surface area (Å²) in [7, 11) is 0. The molecule has 2 N–H and O–H groups in total. The van der Waals surface area contributed by atoms with E-state index in [9.17, 15) is 9.50 Å². The van der Waals surface area contributed by atoms with Crippen LogP contribution in [0.5, 0.6) is 5.75 Å². The van der Waals surface area contributed by atoms with Gasteiger partial charge in [0.1, 0.15) is 11.6 Å². The van der Waals surface area contributed by atoms with Gasteiger partial charge in [-0.15, -0.1) is 0 Å². The Balaban J connectivity index is 1.88. The highest BCUT2D eigenvalue weighted by molar-refractivity contribution is 5.28. The second-order valence-electron chi connectivity index (χ2n) is 4.20. The second kappa shape index (κ2) is 5.27. The molecule has 1 aliphatic heterocycles. The lowest BCUT2D eigenvalue weighted by Crippen LogP contribution is -2.41. The molecule has 0 radical (unpaired) electrons. The number of phenols is 1. The van der Waals surface area contributed by atoms with E-state index < -0.39 is 5.82 Å². The van der Waals surface area contributed by atoms with Crippen molar-refractivity contribution in [2.45, 2.75) is 25.8 Å². The molecule has 0 bridgehead atoms. The van der Waals surface area contributed by atoms with Crippen LogP contribution < -0.4 is 5.43 Å². The van der Waals surface area contributed by atoms with Gasteiger partial charge in [-0.2, -0.15) is 0 Å². The van der Waals surface area contributed by atoms with Gasteiger partial charge in [0.15, 0.2) is 0 Å². The van der Waals surface area contributed by atoms with Crippen molar-refractivity contribution in [2.75, 3.05) is 13.1 Å². The predicted molar refractivity (Wildman–Crippen MR) is 60.3 cm³/mol. The van der Waals surface area contributed by atoms with Crippen molar-refractivity contribution in [1.82, 2.24) is 10.4 Å². The average Bonchev–Trinajstić information content (AvgIpc) is 2.27. The Morgan fingerprint density at radius 2 is 1.94 bits per heavy atom. The maximum absolute atomic E-state index is 13.0. The van der Waals surface area contributed by atoms with Crippen molar-refractivity contribution in [1.29, 1.82) is 0 Å². The minimum absolute atomic E-state index is 0.0181. The predicted octanol–water partition coefficient (Wildman–Crippen LogP) is 2.02. The zero-order valence-electron chi connectivity index (χ0n) is 9.25. The van der Waals surface area contributed by atoms with E-state index in [0.717, 1.165) is 24.7 Å². The van der Waals surface area contributed by atoms with Gasteiger partial charge in [0.2, 0.25) is 0 Å². The van der Waals surface area contributed by atoms with Crippen LogP contribution in [-0.2, 0) is 6.54 Å². The molecule has 0 saturated carbocycles. The summed E-state index contributed by atoms with van der Waals surface area (Å²) in [4.78, 5) is 0. The van der Waals surface area contributed by atoms with Gasteiger partial charge in [0, 0.05) is 25.7 Å². The maximum atomic E-state index is 13.0. The normalized spacial score (nSPS) is 17.6. The molecule has 2 rings (SSSR count). The Bertz CT molecular complexity index is 331. The van der Waals surface area contributed by atoms with Crippen LogP contribution in [0.1, 0.15) is 24.8 Å². The topological polar surface area (TPSA) is 35.5 Å². The van der Waals surface area contributed by atoms with E-state index in [-0.39, 0.29) is 5.75 Å². The van der Waals surface area contributed by atoms with Crippen LogP contribution in [0.2, 0.25) is 0 Å². The number of aromatic hydroxyl groups is 1. The first-order valence-electron chi connectivity index (χ1n) is 5.71. The number of benzene rings is 1. The number of nitrogens with one attached hydrogen (secondary N) is 1. The van der Waals surface area contributed by atoms with Gasteiger partial charge in [-0.05, 0) is 30.5 Å². The van der Waals surface area contributed by atoms with E-state index in [1.54, 1.807) is 6.07 Å². The number of hydrogen-bond acceptors (Lipinski definition) is 3. The van der Waals surface area contributed by atoms with Crippen molar-refractivity contribution in [3.05, 3.63) is 29.6 Å². The standard InChI is InChI=1S/C12H17FN2O/c13-11-6-10(7-12(16)8-11)9-14-15-4-2-1-3-5-15/h6-8,14,16H,1-5,9H2. The zero-order chi connectivity index (χ0) is 11.4. The van der Waals surface area contributed by atoms with Gasteiger partial charge in [-0.1, -0.05) is 6.42 Å². The third-order valence-electron chi connectivity index (χ3n) is 2.81. The summed E-state index contributed by atoms with van der Waals surface area (Å²) in [5.74, 6) is -0.411. The fourth-order valence-corrected chi connectivity index (χ4v) is 1.99. The lowest BCUT2D eigenvalue weighted by molar-refractivity contribution is 0.151. The van der Waals surface area contributed by atoms with Crippen molar-refractivity contribution >= 4 is 0 Å². The first kappa shape index (κ1) is 11.4. The number of hydrazine groups is 1.